The van der Waals surface area contributed by atoms with Crippen LogP contribution in [-0.4, -0.2) is 27.8 Å². The summed E-state index contributed by atoms with van der Waals surface area (Å²) >= 11 is 0. The Labute approximate surface area is 114 Å². The zero-order valence-electron chi connectivity index (χ0n) is 12.0. The SMILES string of the molecule is CC(C)CC(C)Nc1cnn(CC(=O)NC2CC2)c1. The molecule has 1 aromatic heterocycles. The van der Waals surface area contributed by atoms with Crippen LogP contribution < -0.4 is 10.6 Å². The Balaban J connectivity index is 1.79. The van der Waals surface area contributed by atoms with E-state index < -0.39 is 0 Å². The predicted molar refractivity (Wildman–Crippen MR) is 75.9 cm³/mol. The molecule has 1 fully saturated rings. The molecule has 1 heterocycles. The van der Waals surface area contributed by atoms with Gasteiger partial charge < -0.3 is 10.6 Å². The fraction of sp³-hybridized carbons (Fsp3) is 0.714. The van der Waals surface area contributed by atoms with E-state index in [1.807, 2.05) is 6.20 Å². The van der Waals surface area contributed by atoms with Crippen LogP contribution in [0.4, 0.5) is 5.69 Å². The normalized spacial score (nSPS) is 16.4. The van der Waals surface area contributed by atoms with Gasteiger partial charge in [-0.3, -0.25) is 9.48 Å². The Morgan fingerprint density at radius 1 is 1.47 bits per heavy atom. The monoisotopic (exact) mass is 264 g/mol. The van der Waals surface area contributed by atoms with Gasteiger partial charge in [0.1, 0.15) is 6.54 Å². The number of hydrogen-bond acceptors (Lipinski definition) is 3. The molecule has 1 saturated carbocycles. The van der Waals surface area contributed by atoms with Gasteiger partial charge in [0.05, 0.1) is 11.9 Å². The summed E-state index contributed by atoms with van der Waals surface area (Å²) in [4.78, 5) is 11.6. The summed E-state index contributed by atoms with van der Waals surface area (Å²) in [6, 6.07) is 0.824. The molecule has 0 radical (unpaired) electrons. The van der Waals surface area contributed by atoms with Gasteiger partial charge >= 0.3 is 0 Å². The maximum Gasteiger partial charge on any atom is 0.241 e. The molecule has 106 valence electrons. The smallest absolute Gasteiger partial charge is 0.241 e. The van der Waals surface area contributed by atoms with Crippen LogP contribution in [0, 0.1) is 5.92 Å². The minimum Gasteiger partial charge on any atom is -0.380 e. The van der Waals surface area contributed by atoms with E-state index >= 15 is 0 Å². The summed E-state index contributed by atoms with van der Waals surface area (Å²) in [5, 5.41) is 10.6. The van der Waals surface area contributed by atoms with Crippen LogP contribution in [0.1, 0.15) is 40.0 Å². The fourth-order valence-electron chi connectivity index (χ4n) is 2.22. The topological polar surface area (TPSA) is 59.0 Å². The van der Waals surface area contributed by atoms with Crippen molar-refractivity contribution in [2.75, 3.05) is 5.32 Å². The largest absolute Gasteiger partial charge is 0.380 e. The summed E-state index contributed by atoms with van der Waals surface area (Å²) < 4.78 is 1.68. The Hall–Kier alpha value is -1.52. The minimum atomic E-state index is 0.0485. The highest BCUT2D eigenvalue weighted by atomic mass is 16.2. The average molecular weight is 264 g/mol. The van der Waals surface area contributed by atoms with E-state index in [1.165, 1.54) is 0 Å². The zero-order chi connectivity index (χ0) is 13.8. The number of carbonyl (C=O) groups is 1. The molecule has 1 aliphatic rings. The second kappa shape index (κ2) is 6.08. The van der Waals surface area contributed by atoms with Gasteiger partial charge in [0.15, 0.2) is 0 Å². The van der Waals surface area contributed by atoms with Crippen molar-refractivity contribution in [3.63, 3.8) is 0 Å². The molecule has 0 bridgehead atoms. The maximum atomic E-state index is 11.6. The summed E-state index contributed by atoms with van der Waals surface area (Å²) in [6.45, 7) is 6.89. The van der Waals surface area contributed by atoms with Crippen molar-refractivity contribution in [3.05, 3.63) is 12.4 Å². The van der Waals surface area contributed by atoms with Crippen LogP contribution in [-0.2, 0) is 11.3 Å². The quantitative estimate of drug-likeness (QED) is 0.792. The van der Waals surface area contributed by atoms with Gasteiger partial charge in [-0.1, -0.05) is 13.8 Å². The van der Waals surface area contributed by atoms with Crippen molar-refractivity contribution in [2.45, 2.75) is 58.7 Å². The molecule has 0 saturated heterocycles. The van der Waals surface area contributed by atoms with Crippen molar-refractivity contribution < 1.29 is 4.79 Å². The molecule has 0 aliphatic heterocycles. The minimum absolute atomic E-state index is 0.0485. The first-order valence-corrected chi connectivity index (χ1v) is 7.11. The third-order valence-electron chi connectivity index (χ3n) is 3.12. The molecular formula is C14H24N4O. The molecule has 5 nitrogen and oxygen atoms in total. The number of anilines is 1. The van der Waals surface area contributed by atoms with Crippen molar-refractivity contribution >= 4 is 11.6 Å². The van der Waals surface area contributed by atoms with Crippen molar-refractivity contribution in [3.8, 4) is 0 Å². The van der Waals surface area contributed by atoms with Crippen molar-refractivity contribution in [2.24, 2.45) is 5.92 Å². The van der Waals surface area contributed by atoms with Crippen molar-refractivity contribution in [1.82, 2.24) is 15.1 Å². The molecule has 1 atom stereocenters. The number of amides is 1. The number of nitrogens with one attached hydrogen (secondary N) is 2. The molecule has 2 N–H and O–H groups in total. The molecule has 1 unspecified atom stereocenters. The number of carbonyl (C=O) groups excluding carboxylic acids is 1. The van der Waals surface area contributed by atoms with E-state index in [-0.39, 0.29) is 5.91 Å². The molecule has 2 rings (SSSR count). The van der Waals surface area contributed by atoms with E-state index in [9.17, 15) is 4.79 Å². The molecule has 0 spiro atoms. The highest BCUT2D eigenvalue weighted by Gasteiger charge is 2.23. The number of aromatic nitrogens is 2. The van der Waals surface area contributed by atoms with Crippen LogP contribution in [0.25, 0.3) is 0 Å². The molecular weight excluding hydrogens is 240 g/mol. The Morgan fingerprint density at radius 2 is 2.21 bits per heavy atom. The lowest BCUT2D eigenvalue weighted by Crippen LogP contribution is -2.29. The van der Waals surface area contributed by atoms with Crippen LogP contribution >= 0.6 is 0 Å². The Bertz CT molecular complexity index is 423. The first-order chi connectivity index (χ1) is 9.02. The fourth-order valence-corrected chi connectivity index (χ4v) is 2.22. The first kappa shape index (κ1) is 13.9. The van der Waals surface area contributed by atoms with Crippen LogP contribution in [0.5, 0.6) is 0 Å². The number of rotatable bonds is 7. The van der Waals surface area contributed by atoms with Gasteiger partial charge in [-0.25, -0.2) is 0 Å². The molecule has 0 aromatic carbocycles. The molecule has 1 aliphatic carbocycles. The molecule has 5 heteroatoms. The van der Waals surface area contributed by atoms with Crippen LogP contribution in [0.15, 0.2) is 12.4 Å². The van der Waals surface area contributed by atoms with Crippen LogP contribution in [0.2, 0.25) is 0 Å². The summed E-state index contributed by atoms with van der Waals surface area (Å²) in [5.41, 5.74) is 0.979. The van der Waals surface area contributed by atoms with Gasteiger partial charge in [0.2, 0.25) is 5.91 Å². The average Bonchev–Trinajstić information content (AvgIpc) is 2.98. The predicted octanol–water partition coefficient (Wildman–Crippen LogP) is 2.01. The van der Waals surface area contributed by atoms with E-state index in [0.717, 1.165) is 24.9 Å². The standard InChI is InChI=1S/C14H24N4O/c1-10(2)6-11(3)16-13-7-15-18(8-13)9-14(19)17-12-4-5-12/h7-8,10-12,16H,4-6,9H2,1-3H3,(H,17,19). The Morgan fingerprint density at radius 3 is 2.84 bits per heavy atom. The van der Waals surface area contributed by atoms with Gasteiger partial charge in [0.25, 0.3) is 0 Å². The van der Waals surface area contributed by atoms with E-state index in [1.54, 1.807) is 10.9 Å². The van der Waals surface area contributed by atoms with E-state index in [0.29, 0.717) is 24.5 Å². The Kier molecular flexibility index (Phi) is 4.45. The molecule has 1 aromatic rings. The summed E-state index contributed by atoms with van der Waals surface area (Å²) in [7, 11) is 0. The van der Waals surface area contributed by atoms with Gasteiger partial charge in [-0.05, 0) is 32.1 Å². The summed E-state index contributed by atoms with van der Waals surface area (Å²) in [5.74, 6) is 0.717. The molecule has 19 heavy (non-hydrogen) atoms. The van der Waals surface area contributed by atoms with Crippen molar-refractivity contribution in [1.29, 1.82) is 0 Å². The maximum absolute atomic E-state index is 11.6. The lowest BCUT2D eigenvalue weighted by molar-refractivity contribution is -0.122. The van der Waals surface area contributed by atoms with Gasteiger partial charge in [0, 0.05) is 18.3 Å². The highest BCUT2D eigenvalue weighted by Crippen LogP contribution is 2.18. The summed E-state index contributed by atoms with van der Waals surface area (Å²) in [6.07, 6.45) is 7.02. The number of hydrogen-bond donors (Lipinski definition) is 2. The first-order valence-electron chi connectivity index (χ1n) is 7.11. The zero-order valence-corrected chi connectivity index (χ0v) is 12.0. The van der Waals surface area contributed by atoms with E-state index in [4.69, 9.17) is 0 Å². The third-order valence-corrected chi connectivity index (χ3v) is 3.12. The van der Waals surface area contributed by atoms with Crippen LogP contribution in [0.3, 0.4) is 0 Å². The highest BCUT2D eigenvalue weighted by molar-refractivity contribution is 5.76. The second-order valence-corrected chi connectivity index (χ2v) is 5.94. The lowest BCUT2D eigenvalue weighted by atomic mass is 10.1. The van der Waals surface area contributed by atoms with E-state index in [2.05, 4.69) is 36.5 Å². The van der Waals surface area contributed by atoms with Gasteiger partial charge in [-0.2, -0.15) is 5.10 Å². The second-order valence-electron chi connectivity index (χ2n) is 5.94. The molecule has 1 amide bonds. The lowest BCUT2D eigenvalue weighted by Gasteiger charge is -2.15. The third kappa shape index (κ3) is 4.93. The van der Waals surface area contributed by atoms with Gasteiger partial charge in [-0.15, -0.1) is 0 Å². The number of nitrogens with zero attached hydrogens (tertiary/aromatic N) is 2.